The zero-order chi connectivity index (χ0) is 23.9. The highest BCUT2D eigenvalue weighted by Crippen LogP contribution is 2.30. The molecule has 0 atom stereocenters. The quantitative estimate of drug-likeness (QED) is 0.351. The highest BCUT2D eigenvalue weighted by Gasteiger charge is 2.12. The number of aryl methyl sites for hydroxylation is 1. The van der Waals surface area contributed by atoms with Crippen LogP contribution in [-0.4, -0.2) is 29.1 Å². The fourth-order valence-corrected chi connectivity index (χ4v) is 3.38. The molecular formula is C27H24N4O3. The lowest BCUT2D eigenvalue weighted by Crippen LogP contribution is -2.20. The number of ether oxygens (including phenoxy) is 2. The number of nitrogens with zero attached hydrogens (tertiary/aromatic N) is 2. The molecule has 0 radical (unpaired) electrons. The van der Waals surface area contributed by atoms with Gasteiger partial charge in [0.25, 0.3) is 5.91 Å². The topological polar surface area (TPSA) is 100 Å². The molecule has 0 unspecified atom stereocenters. The smallest absolute Gasteiger partial charge is 0.262 e. The van der Waals surface area contributed by atoms with E-state index in [2.05, 4.69) is 21.4 Å². The fraction of sp³-hybridized carbons (Fsp3) is 0.148. The average Bonchev–Trinajstić information content (AvgIpc) is 3.28. The van der Waals surface area contributed by atoms with E-state index < -0.39 is 0 Å². The van der Waals surface area contributed by atoms with Crippen LogP contribution in [0.3, 0.4) is 0 Å². The van der Waals surface area contributed by atoms with Crippen LogP contribution in [0.1, 0.15) is 23.9 Å². The molecule has 4 aromatic rings. The maximum atomic E-state index is 12.3. The van der Waals surface area contributed by atoms with Gasteiger partial charge < -0.3 is 19.8 Å². The minimum Gasteiger partial charge on any atom is -0.490 e. The number of hydrogen-bond acceptors (Lipinski definition) is 5. The SMILES string of the molecule is CCOc1cc(/C=C(/C#N)c2nc3ccccc3[nH]2)ccc1OCC(=O)Nc1ccc(C)cc1. The van der Waals surface area contributed by atoms with Crippen LogP contribution < -0.4 is 14.8 Å². The van der Waals surface area contributed by atoms with Gasteiger partial charge in [-0.3, -0.25) is 4.79 Å². The number of H-pyrrole nitrogens is 1. The first-order valence-corrected chi connectivity index (χ1v) is 10.9. The summed E-state index contributed by atoms with van der Waals surface area (Å²) in [5, 5.41) is 12.5. The van der Waals surface area contributed by atoms with Gasteiger partial charge >= 0.3 is 0 Å². The largest absolute Gasteiger partial charge is 0.490 e. The number of anilines is 1. The third-order valence-corrected chi connectivity index (χ3v) is 5.04. The van der Waals surface area contributed by atoms with Crippen molar-refractivity contribution in [2.24, 2.45) is 0 Å². The molecule has 1 heterocycles. The number of hydrogen-bond donors (Lipinski definition) is 2. The van der Waals surface area contributed by atoms with Crippen molar-refractivity contribution in [3.05, 3.63) is 83.7 Å². The number of aromatic nitrogens is 2. The van der Waals surface area contributed by atoms with Crippen molar-refractivity contribution >= 4 is 34.3 Å². The van der Waals surface area contributed by atoms with Crippen LogP contribution >= 0.6 is 0 Å². The Morgan fingerprint density at radius 3 is 2.62 bits per heavy atom. The van der Waals surface area contributed by atoms with E-state index in [0.717, 1.165) is 22.2 Å². The normalized spacial score (nSPS) is 11.1. The minimum absolute atomic E-state index is 0.161. The number of fused-ring (bicyclic) bond motifs is 1. The Morgan fingerprint density at radius 1 is 1.09 bits per heavy atom. The molecule has 2 N–H and O–H groups in total. The molecule has 0 bridgehead atoms. The third kappa shape index (κ3) is 5.43. The molecule has 7 heteroatoms. The van der Waals surface area contributed by atoms with Gasteiger partial charge in [0, 0.05) is 5.69 Å². The highest BCUT2D eigenvalue weighted by atomic mass is 16.5. The van der Waals surface area contributed by atoms with Crippen molar-refractivity contribution in [1.29, 1.82) is 5.26 Å². The molecule has 4 rings (SSSR count). The van der Waals surface area contributed by atoms with Crippen molar-refractivity contribution in [2.75, 3.05) is 18.5 Å². The molecule has 3 aromatic carbocycles. The Kier molecular flexibility index (Phi) is 6.89. The number of nitrogens with one attached hydrogen (secondary N) is 2. The molecule has 170 valence electrons. The summed E-state index contributed by atoms with van der Waals surface area (Å²) < 4.78 is 11.4. The van der Waals surface area contributed by atoms with E-state index in [-0.39, 0.29) is 12.5 Å². The first-order valence-electron chi connectivity index (χ1n) is 10.9. The van der Waals surface area contributed by atoms with Gasteiger partial charge in [0.1, 0.15) is 11.9 Å². The summed E-state index contributed by atoms with van der Waals surface area (Å²) in [7, 11) is 0. The van der Waals surface area contributed by atoms with Crippen LogP contribution in [0.15, 0.2) is 66.7 Å². The first kappa shape index (κ1) is 22.6. The summed E-state index contributed by atoms with van der Waals surface area (Å²) in [6, 6.07) is 22.7. The third-order valence-electron chi connectivity index (χ3n) is 5.04. The van der Waals surface area contributed by atoms with E-state index in [1.807, 2.05) is 62.4 Å². The number of amides is 1. The molecule has 0 fully saturated rings. The van der Waals surface area contributed by atoms with Gasteiger partial charge in [0.2, 0.25) is 0 Å². The predicted molar refractivity (Wildman–Crippen MR) is 132 cm³/mol. The van der Waals surface area contributed by atoms with Gasteiger partial charge in [-0.15, -0.1) is 0 Å². The first-order chi connectivity index (χ1) is 16.6. The van der Waals surface area contributed by atoms with Gasteiger partial charge in [-0.2, -0.15) is 5.26 Å². The number of rotatable bonds is 8. The van der Waals surface area contributed by atoms with Gasteiger partial charge in [0.15, 0.2) is 18.1 Å². The highest BCUT2D eigenvalue weighted by molar-refractivity contribution is 5.92. The van der Waals surface area contributed by atoms with Crippen molar-refractivity contribution in [1.82, 2.24) is 9.97 Å². The molecule has 0 saturated carbocycles. The predicted octanol–water partition coefficient (Wildman–Crippen LogP) is 5.35. The minimum atomic E-state index is -0.271. The molecule has 0 spiro atoms. The second kappa shape index (κ2) is 10.4. The molecular weight excluding hydrogens is 428 g/mol. The van der Waals surface area contributed by atoms with E-state index in [9.17, 15) is 10.1 Å². The van der Waals surface area contributed by atoms with E-state index >= 15 is 0 Å². The summed E-state index contributed by atoms with van der Waals surface area (Å²) in [6.45, 7) is 4.12. The van der Waals surface area contributed by atoms with Gasteiger partial charge in [-0.1, -0.05) is 35.9 Å². The number of carbonyl (C=O) groups excluding carboxylic acids is 1. The van der Waals surface area contributed by atoms with E-state index in [4.69, 9.17) is 9.47 Å². The van der Waals surface area contributed by atoms with Crippen molar-refractivity contribution in [3.8, 4) is 17.6 Å². The van der Waals surface area contributed by atoms with Crippen molar-refractivity contribution in [2.45, 2.75) is 13.8 Å². The molecule has 0 saturated heterocycles. The summed E-state index contributed by atoms with van der Waals surface area (Å²) in [5.41, 5.74) is 4.62. The lowest BCUT2D eigenvalue weighted by Gasteiger charge is -2.13. The number of allylic oxidation sites excluding steroid dienone is 1. The maximum absolute atomic E-state index is 12.3. The summed E-state index contributed by atoms with van der Waals surface area (Å²) in [5.74, 6) is 1.16. The lowest BCUT2D eigenvalue weighted by atomic mass is 10.1. The van der Waals surface area contributed by atoms with E-state index in [1.165, 1.54) is 0 Å². The zero-order valence-corrected chi connectivity index (χ0v) is 19.0. The number of imidazole rings is 1. The second-order valence-electron chi connectivity index (χ2n) is 7.61. The Labute approximate surface area is 197 Å². The second-order valence-corrected chi connectivity index (χ2v) is 7.61. The van der Waals surface area contributed by atoms with Crippen LogP contribution in [0, 0.1) is 18.3 Å². The number of carbonyl (C=O) groups is 1. The van der Waals surface area contributed by atoms with E-state index in [0.29, 0.717) is 35.2 Å². The molecule has 34 heavy (non-hydrogen) atoms. The Morgan fingerprint density at radius 2 is 1.88 bits per heavy atom. The van der Waals surface area contributed by atoms with Gasteiger partial charge in [-0.05, 0) is 61.9 Å². The number of benzene rings is 3. The van der Waals surface area contributed by atoms with E-state index in [1.54, 1.807) is 24.3 Å². The number of aromatic amines is 1. The molecule has 0 aliphatic carbocycles. The molecule has 0 aliphatic heterocycles. The zero-order valence-electron chi connectivity index (χ0n) is 19.0. The summed E-state index contributed by atoms with van der Waals surface area (Å²) >= 11 is 0. The number of nitriles is 1. The van der Waals surface area contributed by atoms with Gasteiger partial charge in [0.05, 0.1) is 23.2 Å². The fourth-order valence-electron chi connectivity index (χ4n) is 3.38. The Bertz CT molecular complexity index is 1350. The standard InChI is InChI=1S/C27H24N4O3/c1-3-33-25-15-19(14-20(16-28)27-30-22-6-4-5-7-23(22)31-27)10-13-24(25)34-17-26(32)29-21-11-8-18(2)9-12-21/h4-15H,3,17H2,1-2H3,(H,29,32)(H,30,31)/b20-14-. The monoisotopic (exact) mass is 452 g/mol. The van der Waals surface area contributed by atoms with Crippen LogP contribution in [0.25, 0.3) is 22.7 Å². The summed E-state index contributed by atoms with van der Waals surface area (Å²) in [6.07, 6.45) is 1.73. The number of para-hydroxylation sites is 2. The Hall–Kier alpha value is -4.57. The average molecular weight is 453 g/mol. The molecule has 1 aromatic heterocycles. The molecule has 0 aliphatic rings. The Balaban J connectivity index is 1.50. The maximum Gasteiger partial charge on any atom is 0.262 e. The van der Waals surface area contributed by atoms with Crippen molar-refractivity contribution in [3.63, 3.8) is 0 Å². The molecule has 1 amide bonds. The van der Waals surface area contributed by atoms with Gasteiger partial charge in [-0.25, -0.2) is 4.98 Å². The van der Waals surface area contributed by atoms with Crippen LogP contribution in [0.4, 0.5) is 5.69 Å². The van der Waals surface area contributed by atoms with Crippen molar-refractivity contribution < 1.29 is 14.3 Å². The van der Waals surface area contributed by atoms with Crippen LogP contribution in [0.5, 0.6) is 11.5 Å². The molecule has 7 nitrogen and oxygen atoms in total. The lowest BCUT2D eigenvalue weighted by molar-refractivity contribution is -0.118. The summed E-state index contributed by atoms with van der Waals surface area (Å²) in [4.78, 5) is 20.0. The van der Waals surface area contributed by atoms with Crippen LogP contribution in [-0.2, 0) is 4.79 Å². The van der Waals surface area contributed by atoms with Crippen LogP contribution in [0.2, 0.25) is 0 Å².